The number of para-hydroxylation sites is 2. The fraction of sp³-hybridized carbons (Fsp3) is 0.409. The number of rotatable bonds is 7. The standard InChI is InChI=1S/C22H28N2O5S/c1-5-19(24(30(4,26)27)17-11-10-15(2)16(3)12-17)22(25)23-13-18-14-28-20-8-6-7-9-21(20)29-18/h6-12,18-19H,5,13-14H2,1-4H3,(H,23,25)/t18-,19-/m0/s1. The van der Waals surface area contributed by atoms with Crippen molar-refractivity contribution >= 4 is 21.6 Å². The van der Waals surface area contributed by atoms with Gasteiger partial charge in [-0.25, -0.2) is 8.42 Å². The predicted molar refractivity (Wildman–Crippen MR) is 117 cm³/mol. The molecule has 1 N–H and O–H groups in total. The highest BCUT2D eigenvalue weighted by atomic mass is 32.2. The lowest BCUT2D eigenvalue weighted by Gasteiger charge is -2.31. The fourth-order valence-corrected chi connectivity index (χ4v) is 4.62. The molecule has 1 heterocycles. The van der Waals surface area contributed by atoms with Gasteiger partial charge in [-0.2, -0.15) is 0 Å². The lowest BCUT2D eigenvalue weighted by molar-refractivity contribution is -0.122. The Kier molecular flexibility index (Phi) is 6.55. The van der Waals surface area contributed by atoms with Crippen LogP contribution in [0.4, 0.5) is 5.69 Å². The van der Waals surface area contributed by atoms with Crippen LogP contribution in [-0.2, 0) is 14.8 Å². The van der Waals surface area contributed by atoms with Crippen LogP contribution in [-0.4, -0.2) is 45.9 Å². The minimum absolute atomic E-state index is 0.216. The van der Waals surface area contributed by atoms with Crippen LogP contribution in [0.5, 0.6) is 11.5 Å². The van der Waals surface area contributed by atoms with Crippen molar-refractivity contribution in [2.24, 2.45) is 0 Å². The van der Waals surface area contributed by atoms with Crippen LogP contribution in [0, 0.1) is 13.8 Å². The number of fused-ring (bicyclic) bond motifs is 1. The third-order valence-corrected chi connectivity index (χ3v) is 6.33. The van der Waals surface area contributed by atoms with Crippen molar-refractivity contribution in [1.82, 2.24) is 5.32 Å². The number of amides is 1. The summed E-state index contributed by atoms with van der Waals surface area (Å²) in [5.74, 6) is 0.927. The molecule has 0 spiro atoms. The van der Waals surface area contributed by atoms with Crippen molar-refractivity contribution in [3.63, 3.8) is 0 Å². The summed E-state index contributed by atoms with van der Waals surface area (Å²) in [7, 11) is -3.67. The number of ether oxygens (including phenoxy) is 2. The van der Waals surface area contributed by atoms with Crippen LogP contribution < -0.4 is 19.1 Å². The van der Waals surface area contributed by atoms with Crippen LogP contribution in [0.1, 0.15) is 24.5 Å². The Balaban J connectivity index is 1.74. The molecule has 1 aliphatic rings. The molecule has 0 aliphatic carbocycles. The van der Waals surface area contributed by atoms with E-state index in [2.05, 4.69) is 5.32 Å². The summed E-state index contributed by atoms with van der Waals surface area (Å²) in [6, 6.07) is 11.9. The second-order valence-electron chi connectivity index (χ2n) is 7.49. The number of carbonyl (C=O) groups excluding carboxylic acids is 1. The maximum atomic E-state index is 13.0. The molecule has 30 heavy (non-hydrogen) atoms. The van der Waals surface area contributed by atoms with Crippen LogP contribution >= 0.6 is 0 Å². The van der Waals surface area contributed by atoms with Gasteiger partial charge in [-0.05, 0) is 55.7 Å². The Bertz CT molecular complexity index is 1020. The lowest BCUT2D eigenvalue weighted by atomic mass is 10.1. The average molecular weight is 433 g/mol. The maximum absolute atomic E-state index is 13.0. The van der Waals surface area contributed by atoms with Gasteiger partial charge in [0.15, 0.2) is 11.5 Å². The highest BCUT2D eigenvalue weighted by molar-refractivity contribution is 7.92. The molecule has 8 heteroatoms. The summed E-state index contributed by atoms with van der Waals surface area (Å²) in [6.07, 6.45) is 1.10. The van der Waals surface area contributed by atoms with Gasteiger partial charge >= 0.3 is 0 Å². The molecule has 0 unspecified atom stereocenters. The Hall–Kier alpha value is -2.74. The van der Waals surface area contributed by atoms with E-state index in [0.717, 1.165) is 17.4 Å². The van der Waals surface area contributed by atoms with Crippen LogP contribution in [0.3, 0.4) is 0 Å². The molecular formula is C22H28N2O5S. The summed E-state index contributed by atoms with van der Waals surface area (Å²) in [4.78, 5) is 13.0. The van der Waals surface area contributed by atoms with Gasteiger partial charge in [-0.15, -0.1) is 0 Å². The average Bonchev–Trinajstić information content (AvgIpc) is 2.71. The normalized spacial score (nSPS) is 16.6. The van der Waals surface area contributed by atoms with Gasteiger partial charge in [0.2, 0.25) is 15.9 Å². The minimum Gasteiger partial charge on any atom is -0.486 e. The SMILES string of the molecule is CC[C@@H](C(=O)NC[C@H]1COc2ccccc2O1)N(c1ccc(C)c(C)c1)S(C)(=O)=O. The molecule has 162 valence electrons. The highest BCUT2D eigenvalue weighted by Crippen LogP contribution is 2.30. The Labute approximate surface area is 178 Å². The van der Waals surface area contributed by atoms with E-state index in [4.69, 9.17) is 9.47 Å². The second-order valence-corrected chi connectivity index (χ2v) is 9.35. The summed E-state index contributed by atoms with van der Waals surface area (Å²) < 4.78 is 37.9. The molecule has 1 amide bonds. The molecule has 1 aliphatic heterocycles. The monoisotopic (exact) mass is 432 g/mol. The summed E-state index contributed by atoms with van der Waals surface area (Å²) in [5, 5.41) is 2.83. The number of benzene rings is 2. The van der Waals surface area contributed by atoms with Crippen molar-refractivity contribution in [3.8, 4) is 11.5 Å². The predicted octanol–water partition coefficient (Wildman–Crippen LogP) is 2.80. The van der Waals surface area contributed by atoms with Crippen molar-refractivity contribution < 1.29 is 22.7 Å². The van der Waals surface area contributed by atoms with Gasteiger partial charge in [0, 0.05) is 0 Å². The molecule has 0 fully saturated rings. The molecular weight excluding hydrogens is 404 g/mol. The van der Waals surface area contributed by atoms with Crippen molar-refractivity contribution in [3.05, 3.63) is 53.6 Å². The zero-order chi connectivity index (χ0) is 21.9. The van der Waals surface area contributed by atoms with Crippen molar-refractivity contribution in [2.45, 2.75) is 39.3 Å². The van der Waals surface area contributed by atoms with E-state index in [1.807, 2.05) is 44.2 Å². The van der Waals surface area contributed by atoms with Gasteiger partial charge in [0.25, 0.3) is 0 Å². The van der Waals surface area contributed by atoms with E-state index in [1.165, 1.54) is 4.31 Å². The topological polar surface area (TPSA) is 84.9 Å². The number of anilines is 1. The van der Waals surface area contributed by atoms with E-state index in [1.54, 1.807) is 19.1 Å². The first kappa shape index (κ1) is 22.0. The quantitative estimate of drug-likeness (QED) is 0.727. The third-order valence-electron chi connectivity index (χ3n) is 5.15. The second kappa shape index (κ2) is 8.95. The molecule has 2 aromatic carbocycles. The zero-order valence-corrected chi connectivity index (χ0v) is 18.5. The van der Waals surface area contributed by atoms with Crippen molar-refractivity contribution in [1.29, 1.82) is 0 Å². The van der Waals surface area contributed by atoms with Gasteiger partial charge in [-0.3, -0.25) is 9.10 Å². The van der Waals surface area contributed by atoms with E-state index in [0.29, 0.717) is 30.2 Å². The number of aryl methyl sites for hydroxylation is 2. The molecule has 7 nitrogen and oxygen atoms in total. The van der Waals surface area contributed by atoms with E-state index in [9.17, 15) is 13.2 Å². The van der Waals surface area contributed by atoms with Crippen LogP contribution in [0.25, 0.3) is 0 Å². The summed E-state index contributed by atoms with van der Waals surface area (Å²) in [6.45, 7) is 6.19. The molecule has 0 bridgehead atoms. The molecule has 3 rings (SSSR count). The van der Waals surface area contributed by atoms with Crippen LogP contribution in [0.2, 0.25) is 0 Å². The third kappa shape index (κ3) is 4.87. The largest absolute Gasteiger partial charge is 0.486 e. The van der Waals surface area contributed by atoms with Gasteiger partial charge in [0.05, 0.1) is 18.5 Å². The van der Waals surface area contributed by atoms with Gasteiger partial charge in [0.1, 0.15) is 18.8 Å². The number of sulfonamides is 1. The fourth-order valence-electron chi connectivity index (χ4n) is 3.42. The summed E-state index contributed by atoms with van der Waals surface area (Å²) >= 11 is 0. The zero-order valence-electron chi connectivity index (χ0n) is 17.7. The molecule has 0 aromatic heterocycles. The Morgan fingerprint density at radius 2 is 1.87 bits per heavy atom. The Morgan fingerprint density at radius 1 is 1.17 bits per heavy atom. The minimum atomic E-state index is -3.67. The molecule has 0 saturated heterocycles. The summed E-state index contributed by atoms with van der Waals surface area (Å²) in [5.41, 5.74) is 2.50. The van der Waals surface area contributed by atoms with Gasteiger partial charge < -0.3 is 14.8 Å². The molecule has 2 aromatic rings. The number of nitrogens with one attached hydrogen (secondary N) is 1. The Morgan fingerprint density at radius 3 is 2.50 bits per heavy atom. The molecule has 2 atom stereocenters. The molecule has 0 saturated carbocycles. The van der Waals surface area contributed by atoms with E-state index in [-0.39, 0.29) is 18.6 Å². The van der Waals surface area contributed by atoms with E-state index >= 15 is 0 Å². The number of carbonyl (C=O) groups is 1. The number of hydrogen-bond acceptors (Lipinski definition) is 5. The highest BCUT2D eigenvalue weighted by Gasteiger charge is 2.32. The first-order chi connectivity index (χ1) is 14.2. The molecule has 0 radical (unpaired) electrons. The van der Waals surface area contributed by atoms with Crippen molar-refractivity contribution in [2.75, 3.05) is 23.7 Å². The van der Waals surface area contributed by atoms with Gasteiger partial charge in [-0.1, -0.05) is 25.1 Å². The van der Waals surface area contributed by atoms with Crippen LogP contribution in [0.15, 0.2) is 42.5 Å². The van der Waals surface area contributed by atoms with E-state index < -0.39 is 16.1 Å². The number of nitrogens with zero attached hydrogens (tertiary/aromatic N) is 1. The lowest BCUT2D eigenvalue weighted by Crippen LogP contribution is -2.51. The first-order valence-corrected chi connectivity index (χ1v) is 11.8. The maximum Gasteiger partial charge on any atom is 0.244 e. The smallest absolute Gasteiger partial charge is 0.244 e. The number of hydrogen-bond donors (Lipinski definition) is 1. The first-order valence-electron chi connectivity index (χ1n) is 9.93.